The summed E-state index contributed by atoms with van der Waals surface area (Å²) in [5.74, 6) is -2.08. The zero-order chi connectivity index (χ0) is 12.5. The lowest BCUT2D eigenvalue weighted by molar-refractivity contribution is 0.0598. The number of hydrogen-bond donors (Lipinski definition) is 2. The number of carbonyl (C=O) groups excluding carboxylic acids is 1. The van der Waals surface area contributed by atoms with Gasteiger partial charge in [-0.05, 0) is 34.5 Å². The number of hydrogen-bond acceptors (Lipinski definition) is 5. The van der Waals surface area contributed by atoms with Gasteiger partial charge in [-0.1, -0.05) is 0 Å². The number of halogens is 1. The first kappa shape index (κ1) is 12.5. The summed E-state index contributed by atoms with van der Waals surface area (Å²) in [5.41, 5.74) is -0.642. The number of methoxy groups -OCH3 is 1. The van der Waals surface area contributed by atoms with Gasteiger partial charge in [0, 0.05) is 0 Å². The Balaban J connectivity index is 3.78. The van der Waals surface area contributed by atoms with Crippen LogP contribution in [0, 0.1) is 6.92 Å². The van der Waals surface area contributed by atoms with Crippen LogP contribution < -0.4 is 5.43 Å². The number of aryl methyl sites for hydroxylation is 1. The smallest absolute Gasteiger partial charge is 0.339 e. The van der Waals surface area contributed by atoms with Crippen LogP contribution in [0.15, 0.2) is 15.3 Å². The van der Waals surface area contributed by atoms with E-state index in [-0.39, 0.29) is 10.0 Å². The van der Waals surface area contributed by atoms with Crippen LogP contribution in [-0.4, -0.2) is 23.3 Å². The van der Waals surface area contributed by atoms with E-state index in [1.165, 1.54) is 14.0 Å². The van der Waals surface area contributed by atoms with Crippen molar-refractivity contribution in [3.05, 3.63) is 31.9 Å². The van der Waals surface area contributed by atoms with Crippen LogP contribution in [-0.2, 0) is 4.74 Å². The van der Waals surface area contributed by atoms with E-state index in [0.717, 1.165) is 6.07 Å². The monoisotopic (exact) mass is 288 g/mol. The highest BCUT2D eigenvalue weighted by Crippen LogP contribution is 2.28. The summed E-state index contributed by atoms with van der Waals surface area (Å²) in [6.07, 6.45) is 0. The highest BCUT2D eigenvalue weighted by atomic mass is 79.9. The lowest BCUT2D eigenvalue weighted by Crippen LogP contribution is -2.04. The first-order chi connectivity index (χ1) is 7.40. The molecule has 0 bridgehead atoms. The highest BCUT2D eigenvalue weighted by Gasteiger charge is 2.19. The molecule has 0 saturated carbocycles. The average Bonchev–Trinajstić information content (AvgIpc) is 2.31. The van der Waals surface area contributed by atoms with Crippen molar-refractivity contribution < 1.29 is 19.7 Å². The van der Waals surface area contributed by atoms with Crippen molar-refractivity contribution in [3.63, 3.8) is 0 Å². The van der Waals surface area contributed by atoms with Crippen molar-refractivity contribution in [2.45, 2.75) is 6.92 Å². The second kappa shape index (κ2) is 4.52. The molecule has 0 aromatic heterocycles. The van der Waals surface area contributed by atoms with E-state index in [2.05, 4.69) is 20.7 Å². The van der Waals surface area contributed by atoms with E-state index in [1.807, 2.05) is 0 Å². The molecule has 16 heavy (non-hydrogen) atoms. The van der Waals surface area contributed by atoms with Crippen LogP contribution in [0.3, 0.4) is 0 Å². The van der Waals surface area contributed by atoms with Gasteiger partial charge in [0.1, 0.15) is 0 Å². The minimum absolute atomic E-state index is 0.00241. The standard InChI is InChI=1S/C10H9BrO5/c1-4-3-5(12)8(13)9(14)7(11)6(4)10(15)16-2/h3H,1-2H3,(H2,12,13,14). The third-order valence-electron chi connectivity index (χ3n) is 2.01. The summed E-state index contributed by atoms with van der Waals surface area (Å²) in [6, 6.07) is 1.10. The first-order valence-electron chi connectivity index (χ1n) is 4.23. The Morgan fingerprint density at radius 1 is 1.44 bits per heavy atom. The predicted molar refractivity (Wildman–Crippen MR) is 59.8 cm³/mol. The molecule has 1 aromatic rings. The minimum Gasteiger partial charge on any atom is -0.504 e. The molecule has 1 aromatic carbocycles. The maximum absolute atomic E-state index is 11.4. The van der Waals surface area contributed by atoms with Gasteiger partial charge in [-0.25, -0.2) is 4.79 Å². The summed E-state index contributed by atoms with van der Waals surface area (Å²) >= 11 is 2.93. The van der Waals surface area contributed by atoms with Crippen LogP contribution in [0.5, 0.6) is 11.5 Å². The van der Waals surface area contributed by atoms with Gasteiger partial charge in [0.05, 0.1) is 17.1 Å². The normalized spacial score (nSPS) is 9.94. The summed E-state index contributed by atoms with van der Waals surface area (Å²) < 4.78 is 4.42. The van der Waals surface area contributed by atoms with E-state index < -0.39 is 22.9 Å². The Bertz CT molecular complexity index is 510. The van der Waals surface area contributed by atoms with E-state index in [9.17, 15) is 19.8 Å². The molecule has 0 amide bonds. The Kier molecular flexibility index (Phi) is 3.54. The first-order valence-corrected chi connectivity index (χ1v) is 5.03. The van der Waals surface area contributed by atoms with Crippen LogP contribution in [0.2, 0.25) is 0 Å². The molecule has 0 aliphatic carbocycles. The number of rotatable bonds is 1. The fourth-order valence-corrected chi connectivity index (χ4v) is 1.86. The third kappa shape index (κ3) is 2.01. The van der Waals surface area contributed by atoms with E-state index in [0.29, 0.717) is 5.56 Å². The van der Waals surface area contributed by atoms with Gasteiger partial charge in [0.15, 0.2) is 11.5 Å². The number of aromatic hydroxyl groups is 2. The van der Waals surface area contributed by atoms with Crippen molar-refractivity contribution >= 4 is 21.9 Å². The van der Waals surface area contributed by atoms with E-state index in [1.54, 1.807) is 0 Å². The van der Waals surface area contributed by atoms with Crippen molar-refractivity contribution in [1.29, 1.82) is 0 Å². The summed E-state index contributed by atoms with van der Waals surface area (Å²) in [7, 11) is 1.18. The molecule has 0 atom stereocenters. The molecule has 0 aliphatic heterocycles. The maximum Gasteiger partial charge on any atom is 0.339 e. The Morgan fingerprint density at radius 2 is 2.00 bits per heavy atom. The van der Waals surface area contributed by atoms with E-state index >= 15 is 0 Å². The average molecular weight is 289 g/mol. The molecule has 1 rings (SSSR count). The minimum atomic E-state index is -0.954. The molecular formula is C10H9BrO5. The number of carbonyl (C=O) groups is 1. The molecule has 6 heteroatoms. The fourth-order valence-electron chi connectivity index (χ4n) is 1.21. The van der Waals surface area contributed by atoms with Gasteiger partial charge in [-0.2, -0.15) is 0 Å². The van der Waals surface area contributed by atoms with Crippen molar-refractivity contribution in [1.82, 2.24) is 0 Å². The molecular weight excluding hydrogens is 280 g/mol. The van der Waals surface area contributed by atoms with Crippen LogP contribution in [0.4, 0.5) is 0 Å². The Hall–Kier alpha value is -1.56. The molecule has 5 nitrogen and oxygen atoms in total. The SMILES string of the molecule is COC(=O)c1c(C)cc(O)c(=O)c(O)c1Br. The van der Waals surface area contributed by atoms with Gasteiger partial charge < -0.3 is 14.9 Å². The Labute approximate surface area is 99.4 Å². The van der Waals surface area contributed by atoms with Gasteiger partial charge in [0.2, 0.25) is 0 Å². The lowest BCUT2D eigenvalue weighted by atomic mass is 10.2. The molecule has 0 radical (unpaired) electrons. The molecule has 0 saturated heterocycles. The zero-order valence-corrected chi connectivity index (χ0v) is 10.2. The largest absolute Gasteiger partial charge is 0.504 e. The van der Waals surface area contributed by atoms with Gasteiger partial charge >= 0.3 is 5.97 Å². The second-order valence-electron chi connectivity index (χ2n) is 3.07. The maximum atomic E-state index is 11.4. The molecule has 2 N–H and O–H groups in total. The van der Waals surface area contributed by atoms with Gasteiger partial charge in [0.25, 0.3) is 5.43 Å². The van der Waals surface area contributed by atoms with Crippen LogP contribution in [0.1, 0.15) is 15.9 Å². The lowest BCUT2D eigenvalue weighted by Gasteiger charge is -2.02. The summed E-state index contributed by atoms with van der Waals surface area (Å²) in [5, 5.41) is 18.8. The molecule has 0 unspecified atom stereocenters. The van der Waals surface area contributed by atoms with Crippen molar-refractivity contribution in [2.24, 2.45) is 0 Å². The Morgan fingerprint density at radius 3 is 2.50 bits per heavy atom. The molecule has 0 fully saturated rings. The quantitative estimate of drug-likeness (QED) is 0.762. The van der Waals surface area contributed by atoms with Crippen LogP contribution >= 0.6 is 15.9 Å². The van der Waals surface area contributed by atoms with E-state index in [4.69, 9.17) is 0 Å². The molecule has 0 aliphatic rings. The number of esters is 1. The van der Waals surface area contributed by atoms with Crippen LogP contribution in [0.25, 0.3) is 0 Å². The van der Waals surface area contributed by atoms with Gasteiger partial charge in [-0.15, -0.1) is 0 Å². The summed E-state index contributed by atoms with van der Waals surface area (Å²) in [4.78, 5) is 22.7. The molecule has 0 spiro atoms. The highest BCUT2D eigenvalue weighted by molar-refractivity contribution is 9.10. The predicted octanol–water partition coefficient (Wildman–Crippen LogP) is 1.32. The molecule has 86 valence electrons. The van der Waals surface area contributed by atoms with Crippen molar-refractivity contribution in [3.8, 4) is 11.5 Å². The molecule has 0 heterocycles. The second-order valence-corrected chi connectivity index (χ2v) is 3.86. The zero-order valence-electron chi connectivity index (χ0n) is 8.57. The third-order valence-corrected chi connectivity index (χ3v) is 2.78. The van der Waals surface area contributed by atoms with Gasteiger partial charge in [-0.3, -0.25) is 4.79 Å². The topological polar surface area (TPSA) is 83.8 Å². The summed E-state index contributed by atoms with van der Waals surface area (Å²) in [6.45, 7) is 1.51. The van der Waals surface area contributed by atoms with Crippen molar-refractivity contribution in [2.75, 3.05) is 7.11 Å². The number of ether oxygens (including phenoxy) is 1. The fraction of sp³-hybridized carbons (Fsp3) is 0.200.